The molecule has 0 atom stereocenters. The Morgan fingerprint density at radius 2 is 2.11 bits per heavy atom. The van der Waals surface area contributed by atoms with E-state index in [9.17, 15) is 4.79 Å². The van der Waals surface area contributed by atoms with Crippen molar-refractivity contribution in [2.24, 2.45) is 0 Å². The summed E-state index contributed by atoms with van der Waals surface area (Å²) in [6, 6.07) is 3.88. The predicted molar refractivity (Wildman–Crippen MR) is 66.0 cm³/mol. The van der Waals surface area contributed by atoms with Crippen molar-refractivity contribution in [1.29, 1.82) is 0 Å². The molecule has 0 saturated carbocycles. The van der Waals surface area contributed by atoms with Gasteiger partial charge in [0.25, 0.3) is 5.91 Å². The molecule has 18 heavy (non-hydrogen) atoms. The second-order valence-electron chi connectivity index (χ2n) is 4.08. The molecule has 0 aliphatic carbocycles. The van der Waals surface area contributed by atoms with Crippen LogP contribution >= 0.6 is 0 Å². The van der Waals surface area contributed by atoms with Crippen LogP contribution in [0, 0.1) is 6.92 Å². The number of hydrogen-bond donors (Lipinski definition) is 1. The molecule has 94 valence electrons. The van der Waals surface area contributed by atoms with E-state index in [1.165, 1.54) is 0 Å². The van der Waals surface area contributed by atoms with Gasteiger partial charge < -0.3 is 4.90 Å². The van der Waals surface area contributed by atoms with Crippen LogP contribution in [0.1, 0.15) is 22.0 Å². The molecule has 6 heteroatoms. The van der Waals surface area contributed by atoms with Gasteiger partial charge in [0.1, 0.15) is 5.82 Å². The Bertz CT molecular complexity index is 522. The van der Waals surface area contributed by atoms with Crippen molar-refractivity contribution in [3.63, 3.8) is 0 Å². The van der Waals surface area contributed by atoms with Gasteiger partial charge in [-0.3, -0.25) is 14.9 Å². The van der Waals surface area contributed by atoms with Crippen LogP contribution < -0.4 is 0 Å². The first-order chi connectivity index (χ1) is 8.66. The third-order valence-corrected chi connectivity index (χ3v) is 2.62. The number of nitrogens with zero attached hydrogens (tertiary/aromatic N) is 4. The zero-order valence-electron chi connectivity index (χ0n) is 10.4. The van der Waals surface area contributed by atoms with Gasteiger partial charge >= 0.3 is 0 Å². The Balaban J connectivity index is 1.92. The van der Waals surface area contributed by atoms with Crippen LogP contribution in [0.15, 0.2) is 24.5 Å². The standard InChI is InChI=1S/C12H15N5O/c1-9-14-11(16-15-9)12(18)17(2)8-5-10-3-6-13-7-4-10/h3-4,6-7H,5,8H2,1-2H3,(H,14,15,16). The van der Waals surface area contributed by atoms with Gasteiger partial charge in [0.05, 0.1) is 0 Å². The van der Waals surface area contributed by atoms with Crippen LogP contribution in [0.2, 0.25) is 0 Å². The van der Waals surface area contributed by atoms with Crippen molar-refractivity contribution < 1.29 is 4.79 Å². The van der Waals surface area contributed by atoms with Gasteiger partial charge in [0, 0.05) is 26.0 Å². The van der Waals surface area contributed by atoms with Crippen molar-refractivity contribution in [3.8, 4) is 0 Å². The van der Waals surface area contributed by atoms with Gasteiger partial charge in [-0.25, -0.2) is 4.98 Å². The minimum absolute atomic E-state index is 0.173. The molecular weight excluding hydrogens is 230 g/mol. The molecular formula is C12H15N5O. The molecule has 0 radical (unpaired) electrons. The smallest absolute Gasteiger partial charge is 0.293 e. The number of rotatable bonds is 4. The van der Waals surface area contributed by atoms with E-state index in [-0.39, 0.29) is 11.7 Å². The second kappa shape index (κ2) is 5.39. The number of pyridine rings is 1. The molecule has 2 aromatic rings. The first-order valence-electron chi connectivity index (χ1n) is 5.70. The Kier molecular flexibility index (Phi) is 3.66. The largest absolute Gasteiger partial charge is 0.339 e. The lowest BCUT2D eigenvalue weighted by molar-refractivity contribution is 0.0785. The van der Waals surface area contributed by atoms with E-state index < -0.39 is 0 Å². The maximum Gasteiger partial charge on any atom is 0.293 e. The van der Waals surface area contributed by atoms with Gasteiger partial charge in [-0.05, 0) is 31.0 Å². The van der Waals surface area contributed by atoms with Gasteiger partial charge in [-0.1, -0.05) is 0 Å². The summed E-state index contributed by atoms with van der Waals surface area (Å²) in [5.74, 6) is 0.680. The van der Waals surface area contributed by atoms with Crippen LogP contribution in [-0.4, -0.2) is 44.6 Å². The number of amides is 1. The maximum absolute atomic E-state index is 11.9. The van der Waals surface area contributed by atoms with Crippen molar-refractivity contribution in [3.05, 3.63) is 41.7 Å². The SMILES string of the molecule is Cc1nc(C(=O)N(C)CCc2ccncc2)n[nH]1. The zero-order chi connectivity index (χ0) is 13.0. The van der Waals surface area contributed by atoms with Crippen LogP contribution in [0.4, 0.5) is 0 Å². The molecule has 2 heterocycles. The Labute approximate surface area is 105 Å². The highest BCUT2D eigenvalue weighted by atomic mass is 16.2. The molecule has 1 amide bonds. The highest BCUT2D eigenvalue weighted by Crippen LogP contribution is 2.02. The molecule has 0 spiro atoms. The summed E-state index contributed by atoms with van der Waals surface area (Å²) in [5, 5.41) is 6.52. The second-order valence-corrected chi connectivity index (χ2v) is 4.08. The Morgan fingerprint density at radius 3 is 2.72 bits per heavy atom. The molecule has 0 aliphatic rings. The van der Waals surface area contributed by atoms with Gasteiger partial charge in [0.15, 0.2) is 0 Å². The van der Waals surface area contributed by atoms with E-state index in [4.69, 9.17) is 0 Å². The number of H-pyrrole nitrogens is 1. The fraction of sp³-hybridized carbons (Fsp3) is 0.333. The lowest BCUT2D eigenvalue weighted by atomic mass is 10.2. The molecule has 2 rings (SSSR count). The number of likely N-dealkylation sites (N-methyl/N-ethyl adjacent to an activating group) is 1. The van der Waals surface area contributed by atoms with Crippen molar-refractivity contribution in [2.45, 2.75) is 13.3 Å². The number of aromatic nitrogens is 4. The molecule has 0 unspecified atom stereocenters. The van der Waals surface area contributed by atoms with Crippen LogP contribution in [0.25, 0.3) is 0 Å². The summed E-state index contributed by atoms with van der Waals surface area (Å²) in [7, 11) is 1.75. The summed E-state index contributed by atoms with van der Waals surface area (Å²) >= 11 is 0. The monoisotopic (exact) mass is 245 g/mol. The van der Waals surface area contributed by atoms with E-state index in [2.05, 4.69) is 20.2 Å². The minimum atomic E-state index is -0.173. The number of carbonyl (C=O) groups is 1. The fourth-order valence-electron chi connectivity index (χ4n) is 1.56. The zero-order valence-corrected chi connectivity index (χ0v) is 10.4. The minimum Gasteiger partial charge on any atom is -0.339 e. The molecule has 0 aliphatic heterocycles. The van der Waals surface area contributed by atoms with E-state index in [0.717, 1.165) is 12.0 Å². The summed E-state index contributed by atoms with van der Waals surface area (Å²) in [5.41, 5.74) is 1.15. The predicted octanol–water partition coefficient (Wildman–Crippen LogP) is 0.823. The van der Waals surface area contributed by atoms with Gasteiger partial charge in [-0.2, -0.15) is 0 Å². The summed E-state index contributed by atoms with van der Waals surface area (Å²) in [6.07, 6.45) is 4.28. The molecule has 0 fully saturated rings. The molecule has 0 bridgehead atoms. The topological polar surface area (TPSA) is 74.8 Å². The molecule has 2 aromatic heterocycles. The number of nitrogens with one attached hydrogen (secondary N) is 1. The number of aromatic amines is 1. The van der Waals surface area contributed by atoms with Gasteiger partial charge in [-0.15, -0.1) is 5.10 Å². The average Bonchev–Trinajstić information content (AvgIpc) is 2.83. The molecule has 1 N–H and O–H groups in total. The van der Waals surface area contributed by atoms with Crippen molar-refractivity contribution in [1.82, 2.24) is 25.1 Å². The average molecular weight is 245 g/mol. The molecule has 0 saturated heterocycles. The van der Waals surface area contributed by atoms with Crippen LogP contribution in [0.3, 0.4) is 0 Å². The Hall–Kier alpha value is -2.24. The first-order valence-corrected chi connectivity index (χ1v) is 5.70. The van der Waals surface area contributed by atoms with E-state index in [1.807, 2.05) is 12.1 Å². The molecule has 6 nitrogen and oxygen atoms in total. The fourth-order valence-corrected chi connectivity index (χ4v) is 1.56. The van der Waals surface area contributed by atoms with Crippen molar-refractivity contribution in [2.75, 3.05) is 13.6 Å². The van der Waals surface area contributed by atoms with Gasteiger partial charge in [0.2, 0.25) is 5.82 Å². The summed E-state index contributed by atoms with van der Waals surface area (Å²) in [4.78, 5) is 21.5. The van der Waals surface area contributed by atoms with Crippen LogP contribution in [-0.2, 0) is 6.42 Å². The summed E-state index contributed by atoms with van der Waals surface area (Å²) < 4.78 is 0. The Morgan fingerprint density at radius 1 is 1.39 bits per heavy atom. The third-order valence-electron chi connectivity index (χ3n) is 2.62. The number of hydrogen-bond acceptors (Lipinski definition) is 4. The number of aryl methyl sites for hydroxylation is 1. The van der Waals surface area contributed by atoms with E-state index in [0.29, 0.717) is 12.4 Å². The first kappa shape index (κ1) is 12.2. The normalized spacial score (nSPS) is 10.3. The number of carbonyl (C=O) groups excluding carboxylic acids is 1. The third kappa shape index (κ3) is 2.91. The maximum atomic E-state index is 11.9. The van der Waals surface area contributed by atoms with E-state index in [1.54, 1.807) is 31.3 Å². The summed E-state index contributed by atoms with van der Waals surface area (Å²) in [6.45, 7) is 2.39. The lowest BCUT2D eigenvalue weighted by Crippen LogP contribution is -2.29. The molecule has 0 aromatic carbocycles. The highest BCUT2D eigenvalue weighted by Gasteiger charge is 2.15. The quantitative estimate of drug-likeness (QED) is 0.865. The highest BCUT2D eigenvalue weighted by molar-refractivity contribution is 5.90. The van der Waals surface area contributed by atoms with Crippen LogP contribution in [0.5, 0.6) is 0 Å². The van der Waals surface area contributed by atoms with Crippen molar-refractivity contribution >= 4 is 5.91 Å². The lowest BCUT2D eigenvalue weighted by Gasteiger charge is -2.14. The van der Waals surface area contributed by atoms with E-state index >= 15 is 0 Å².